The highest BCUT2D eigenvalue weighted by Crippen LogP contribution is 2.46. The van der Waals surface area contributed by atoms with Gasteiger partial charge in [0.05, 0.1) is 25.5 Å². The van der Waals surface area contributed by atoms with Crippen molar-refractivity contribution in [3.05, 3.63) is 0 Å². The summed E-state index contributed by atoms with van der Waals surface area (Å²) < 4.78 is 34.9. The van der Waals surface area contributed by atoms with Crippen LogP contribution in [0.4, 0.5) is 0 Å². The third-order valence-electron chi connectivity index (χ3n) is 5.24. The van der Waals surface area contributed by atoms with Gasteiger partial charge in [-0.15, -0.1) is 0 Å². The van der Waals surface area contributed by atoms with Crippen molar-refractivity contribution in [2.24, 2.45) is 11.8 Å². The smallest absolute Gasteiger partial charge is 0.324 e. The Morgan fingerprint density at radius 3 is 1.32 bits per heavy atom. The molecule has 6 nitrogen and oxygen atoms in total. The van der Waals surface area contributed by atoms with E-state index in [9.17, 15) is 18.9 Å². The standard InChI is InChI=1S/C20H44O6P2/c1-5-9-13-19(7-3)17-25-27(21,22)15-11-12-16-28(23,24)26-18-20(8-4)14-10-6-2/h19-20H,5-18H2,1-4H3,(H,21,22)(H,23,24). The van der Waals surface area contributed by atoms with Crippen LogP contribution in [-0.4, -0.2) is 35.3 Å². The number of hydrogen-bond acceptors (Lipinski definition) is 4. The molecule has 8 heteroatoms. The minimum Gasteiger partial charge on any atom is -0.324 e. The van der Waals surface area contributed by atoms with Crippen molar-refractivity contribution in [3.63, 3.8) is 0 Å². The van der Waals surface area contributed by atoms with Gasteiger partial charge >= 0.3 is 15.2 Å². The van der Waals surface area contributed by atoms with E-state index in [1.54, 1.807) is 0 Å². The Kier molecular flexibility index (Phi) is 16.2. The molecule has 170 valence electrons. The summed E-state index contributed by atoms with van der Waals surface area (Å²) in [6.45, 7) is 9.00. The van der Waals surface area contributed by atoms with Gasteiger partial charge in [0.15, 0.2) is 0 Å². The summed E-state index contributed by atoms with van der Waals surface area (Å²) in [4.78, 5) is 19.9. The molecule has 0 aliphatic carbocycles. The zero-order valence-electron chi connectivity index (χ0n) is 18.5. The van der Waals surface area contributed by atoms with Gasteiger partial charge in [0.1, 0.15) is 0 Å². The van der Waals surface area contributed by atoms with E-state index in [2.05, 4.69) is 27.7 Å². The van der Waals surface area contributed by atoms with Gasteiger partial charge in [-0.05, 0) is 37.5 Å². The topological polar surface area (TPSA) is 93.1 Å². The SMILES string of the molecule is CCCCC(CC)COP(=O)(O)CCCCP(=O)(O)OCC(CC)CCCC. The first-order valence-corrected chi connectivity index (χ1v) is 14.6. The average molecular weight is 443 g/mol. The minimum atomic E-state index is -3.63. The Morgan fingerprint density at radius 2 is 1.04 bits per heavy atom. The van der Waals surface area contributed by atoms with E-state index >= 15 is 0 Å². The maximum absolute atomic E-state index is 12.2. The second-order valence-electron chi connectivity index (χ2n) is 7.85. The van der Waals surface area contributed by atoms with Crippen LogP contribution < -0.4 is 0 Å². The van der Waals surface area contributed by atoms with Gasteiger partial charge in [-0.25, -0.2) is 0 Å². The second-order valence-corrected chi connectivity index (χ2v) is 11.8. The first-order valence-electron chi connectivity index (χ1n) is 11.1. The summed E-state index contributed by atoms with van der Waals surface area (Å²) in [5.74, 6) is 0.622. The van der Waals surface area contributed by atoms with Crippen LogP contribution in [0.25, 0.3) is 0 Å². The van der Waals surface area contributed by atoms with Gasteiger partial charge < -0.3 is 18.8 Å². The van der Waals surface area contributed by atoms with E-state index in [4.69, 9.17) is 9.05 Å². The van der Waals surface area contributed by atoms with Crippen LogP contribution in [0.5, 0.6) is 0 Å². The van der Waals surface area contributed by atoms with Crippen molar-refractivity contribution in [3.8, 4) is 0 Å². The second kappa shape index (κ2) is 16.1. The highest BCUT2D eigenvalue weighted by Gasteiger charge is 2.24. The molecule has 2 N–H and O–H groups in total. The quantitative estimate of drug-likeness (QED) is 0.173. The van der Waals surface area contributed by atoms with Crippen molar-refractivity contribution >= 4 is 15.2 Å². The average Bonchev–Trinajstić information content (AvgIpc) is 2.65. The van der Waals surface area contributed by atoms with Crippen molar-refractivity contribution in [2.75, 3.05) is 25.5 Å². The largest absolute Gasteiger partial charge is 0.328 e. The summed E-state index contributed by atoms with van der Waals surface area (Å²) in [6.07, 6.45) is 9.08. The van der Waals surface area contributed by atoms with Crippen LogP contribution in [0.1, 0.15) is 91.9 Å². The van der Waals surface area contributed by atoms with Crippen LogP contribution in [0.3, 0.4) is 0 Å². The first-order chi connectivity index (χ1) is 13.2. The van der Waals surface area contributed by atoms with E-state index in [0.717, 1.165) is 51.4 Å². The molecule has 0 spiro atoms. The molecule has 0 heterocycles. The molecular weight excluding hydrogens is 398 g/mol. The summed E-state index contributed by atoms with van der Waals surface area (Å²) in [5, 5.41) is 0. The van der Waals surface area contributed by atoms with E-state index in [1.165, 1.54) is 0 Å². The fraction of sp³-hybridized carbons (Fsp3) is 1.00. The van der Waals surface area contributed by atoms with Crippen molar-refractivity contribution in [2.45, 2.75) is 91.9 Å². The lowest BCUT2D eigenvalue weighted by atomic mass is 10.0. The molecule has 28 heavy (non-hydrogen) atoms. The lowest BCUT2D eigenvalue weighted by Gasteiger charge is -2.19. The van der Waals surface area contributed by atoms with Crippen LogP contribution >= 0.6 is 15.2 Å². The zero-order chi connectivity index (χ0) is 21.5. The van der Waals surface area contributed by atoms with E-state index in [1.807, 2.05) is 0 Å². The first kappa shape index (κ1) is 28.3. The molecule has 0 saturated heterocycles. The van der Waals surface area contributed by atoms with Gasteiger partial charge in [-0.1, -0.05) is 66.2 Å². The number of hydrogen-bond donors (Lipinski definition) is 2. The maximum Gasteiger partial charge on any atom is 0.328 e. The summed E-state index contributed by atoms with van der Waals surface area (Å²) in [7, 11) is -7.27. The van der Waals surface area contributed by atoms with Gasteiger partial charge in [-0.3, -0.25) is 9.13 Å². The lowest BCUT2D eigenvalue weighted by molar-refractivity contribution is 0.201. The Morgan fingerprint density at radius 1 is 0.679 bits per heavy atom. The molecule has 4 unspecified atom stereocenters. The zero-order valence-corrected chi connectivity index (χ0v) is 20.3. The summed E-state index contributed by atoms with van der Waals surface area (Å²) >= 11 is 0. The Bertz CT molecular complexity index is 430. The normalized spacial score (nSPS) is 18.4. The molecule has 0 bridgehead atoms. The van der Waals surface area contributed by atoms with Gasteiger partial charge in [0.25, 0.3) is 0 Å². The molecule has 0 aromatic carbocycles. The molecule has 0 aromatic heterocycles. The fourth-order valence-electron chi connectivity index (χ4n) is 2.99. The van der Waals surface area contributed by atoms with Crippen LogP contribution in [0.15, 0.2) is 0 Å². The summed E-state index contributed by atoms with van der Waals surface area (Å²) in [5.41, 5.74) is 0. The van der Waals surface area contributed by atoms with Crippen molar-refractivity contribution in [1.29, 1.82) is 0 Å². The predicted octanol–water partition coefficient (Wildman–Crippen LogP) is 6.60. The monoisotopic (exact) mass is 442 g/mol. The van der Waals surface area contributed by atoms with Crippen LogP contribution in [-0.2, 0) is 18.2 Å². The highest BCUT2D eigenvalue weighted by atomic mass is 31.2. The molecule has 0 radical (unpaired) electrons. The Balaban J connectivity index is 4.12. The van der Waals surface area contributed by atoms with Gasteiger partial charge in [0, 0.05) is 0 Å². The molecule has 4 atom stereocenters. The predicted molar refractivity (Wildman–Crippen MR) is 117 cm³/mol. The number of unbranched alkanes of at least 4 members (excludes halogenated alkanes) is 3. The van der Waals surface area contributed by atoms with Crippen LogP contribution in [0.2, 0.25) is 0 Å². The van der Waals surface area contributed by atoms with E-state index in [0.29, 0.717) is 37.9 Å². The van der Waals surface area contributed by atoms with Gasteiger partial charge in [-0.2, -0.15) is 0 Å². The molecule has 0 aliphatic rings. The minimum absolute atomic E-state index is 0.0191. The molecule has 0 saturated carbocycles. The molecule has 0 amide bonds. The molecule has 0 aliphatic heterocycles. The molecule has 0 aromatic rings. The van der Waals surface area contributed by atoms with E-state index < -0.39 is 15.2 Å². The van der Waals surface area contributed by atoms with Gasteiger partial charge in [0.2, 0.25) is 0 Å². The van der Waals surface area contributed by atoms with Crippen molar-refractivity contribution < 1.29 is 28.0 Å². The third kappa shape index (κ3) is 15.2. The lowest BCUT2D eigenvalue weighted by Crippen LogP contribution is -2.10. The fourth-order valence-corrected chi connectivity index (χ4v) is 5.38. The third-order valence-corrected chi connectivity index (χ3v) is 8.11. The number of rotatable bonds is 19. The molecule has 0 rings (SSSR count). The van der Waals surface area contributed by atoms with Crippen molar-refractivity contribution in [1.82, 2.24) is 0 Å². The highest BCUT2D eigenvalue weighted by molar-refractivity contribution is 7.53. The molecule has 0 fully saturated rings. The molecular formula is C20H44O6P2. The van der Waals surface area contributed by atoms with Crippen LogP contribution in [0, 0.1) is 11.8 Å². The Labute approximate surface area is 172 Å². The maximum atomic E-state index is 12.2. The Hall–Kier alpha value is 0.300. The van der Waals surface area contributed by atoms with E-state index in [-0.39, 0.29) is 12.3 Å². The summed E-state index contributed by atoms with van der Waals surface area (Å²) in [6, 6.07) is 0.